The lowest BCUT2D eigenvalue weighted by atomic mass is 9.88. The summed E-state index contributed by atoms with van der Waals surface area (Å²) in [5.41, 5.74) is 9.54. The molecule has 0 bridgehead atoms. The second-order valence-corrected chi connectivity index (χ2v) is 12.9. The van der Waals surface area contributed by atoms with Gasteiger partial charge in [0.25, 0.3) is 0 Å². The molecule has 0 aliphatic carbocycles. The molecule has 2 aromatic carbocycles. The molecule has 0 saturated carbocycles. The molecule has 0 fully saturated rings. The molecule has 0 amide bonds. The molecule has 0 radical (unpaired) electrons. The third-order valence-corrected chi connectivity index (χ3v) is 8.37. The number of allylic oxidation sites excluding steroid dienone is 3. The Bertz CT molecular complexity index is 1710. The number of carboxylic acids is 1. The molecule has 0 spiro atoms. The van der Waals surface area contributed by atoms with Crippen LogP contribution in [0.25, 0.3) is 27.9 Å². The Hall–Kier alpha value is -3.82. The number of carbonyl (C=O) groups is 1. The summed E-state index contributed by atoms with van der Waals surface area (Å²) < 4.78 is 34.4. The molecule has 2 aromatic heterocycles. The predicted molar refractivity (Wildman–Crippen MR) is 178 cm³/mol. The Kier molecular flexibility index (Phi) is 10.3. The SMILES string of the molecule is CC(C)=C[C@H]1C[C@@](C)(/C=C/c2[nH]c3ccccc3c2CCN(C)C)n2c1c(CCN(C)C)c1ccccc12.O=C(O)C(F)(F)F. The fourth-order valence-corrected chi connectivity index (χ4v) is 6.41. The summed E-state index contributed by atoms with van der Waals surface area (Å²) in [6.07, 6.45) is 5.43. The van der Waals surface area contributed by atoms with E-state index in [4.69, 9.17) is 9.90 Å². The van der Waals surface area contributed by atoms with E-state index in [2.05, 4.69) is 135 Å². The van der Waals surface area contributed by atoms with Crippen molar-refractivity contribution in [3.8, 4) is 0 Å². The Morgan fingerprint density at radius 1 is 0.978 bits per heavy atom. The van der Waals surface area contributed by atoms with Crippen molar-refractivity contribution >= 4 is 33.9 Å². The van der Waals surface area contributed by atoms with Gasteiger partial charge in [-0.05, 0) is 97.6 Å². The highest BCUT2D eigenvalue weighted by molar-refractivity contribution is 5.88. The number of para-hydroxylation sites is 2. The number of rotatable bonds is 9. The van der Waals surface area contributed by atoms with Crippen molar-refractivity contribution in [1.82, 2.24) is 19.4 Å². The number of carboxylic acid groups (broad SMARTS) is 1. The maximum Gasteiger partial charge on any atom is 0.490 e. The Morgan fingerprint density at radius 2 is 1.53 bits per heavy atom. The molecule has 5 rings (SSSR count). The molecule has 45 heavy (non-hydrogen) atoms. The third kappa shape index (κ3) is 7.71. The van der Waals surface area contributed by atoms with Crippen LogP contribution in [0, 0.1) is 0 Å². The van der Waals surface area contributed by atoms with Crippen molar-refractivity contribution in [1.29, 1.82) is 0 Å². The van der Waals surface area contributed by atoms with Crippen LogP contribution in [0.3, 0.4) is 0 Å². The highest BCUT2D eigenvalue weighted by Gasteiger charge is 2.41. The van der Waals surface area contributed by atoms with Crippen molar-refractivity contribution < 1.29 is 23.1 Å². The van der Waals surface area contributed by atoms with E-state index in [-0.39, 0.29) is 5.54 Å². The second kappa shape index (κ2) is 13.7. The molecule has 3 heterocycles. The van der Waals surface area contributed by atoms with E-state index in [0.29, 0.717) is 5.92 Å². The largest absolute Gasteiger partial charge is 0.490 e. The first-order valence-electron chi connectivity index (χ1n) is 15.3. The summed E-state index contributed by atoms with van der Waals surface area (Å²) in [6.45, 7) is 8.98. The van der Waals surface area contributed by atoms with Crippen LogP contribution in [0.4, 0.5) is 13.2 Å². The van der Waals surface area contributed by atoms with E-state index in [9.17, 15) is 13.2 Å². The van der Waals surface area contributed by atoms with Crippen LogP contribution >= 0.6 is 0 Å². The molecule has 2 N–H and O–H groups in total. The average Bonchev–Trinajstić information content (AvgIpc) is 3.57. The highest BCUT2D eigenvalue weighted by Crippen LogP contribution is 2.49. The first kappa shape index (κ1) is 34.1. The number of benzene rings is 2. The number of aromatic nitrogens is 2. The van der Waals surface area contributed by atoms with Crippen molar-refractivity contribution in [3.05, 3.63) is 88.8 Å². The number of hydrogen-bond donors (Lipinski definition) is 2. The molecule has 1 aliphatic heterocycles. The van der Waals surface area contributed by atoms with Gasteiger partial charge in [0.05, 0.1) is 5.54 Å². The summed E-state index contributed by atoms with van der Waals surface area (Å²) in [5.74, 6) is -2.34. The van der Waals surface area contributed by atoms with Crippen molar-refractivity contribution in [2.24, 2.45) is 0 Å². The molecular weight excluding hydrogens is 577 g/mol. The number of aromatic amines is 1. The van der Waals surface area contributed by atoms with Crippen molar-refractivity contribution in [2.75, 3.05) is 41.3 Å². The third-order valence-electron chi connectivity index (χ3n) is 8.37. The number of fused-ring (bicyclic) bond motifs is 4. The normalized spacial score (nSPS) is 18.2. The van der Waals surface area contributed by atoms with Crippen LogP contribution in [0.5, 0.6) is 0 Å². The first-order valence-corrected chi connectivity index (χ1v) is 15.3. The number of nitrogens with one attached hydrogen (secondary N) is 1. The molecule has 0 unspecified atom stereocenters. The molecule has 2 atom stereocenters. The van der Waals surface area contributed by atoms with Gasteiger partial charge in [-0.2, -0.15) is 13.2 Å². The number of likely N-dealkylation sites (N-methyl/N-ethyl adjacent to an activating group) is 2. The molecule has 4 aromatic rings. The highest BCUT2D eigenvalue weighted by atomic mass is 19.4. The van der Waals surface area contributed by atoms with Gasteiger partial charge in [0.1, 0.15) is 0 Å². The van der Waals surface area contributed by atoms with Crippen LogP contribution in [0.15, 0.2) is 66.3 Å². The molecule has 1 aliphatic rings. The topological polar surface area (TPSA) is 64.5 Å². The molecule has 9 heteroatoms. The number of alkyl halides is 3. The minimum Gasteiger partial charge on any atom is -0.475 e. The monoisotopic (exact) mass is 622 g/mol. The Labute approximate surface area is 263 Å². The second-order valence-electron chi connectivity index (χ2n) is 12.9. The van der Waals surface area contributed by atoms with Crippen LogP contribution < -0.4 is 0 Å². The predicted octanol–water partition coefficient (Wildman–Crippen LogP) is 7.85. The fourth-order valence-electron chi connectivity index (χ4n) is 6.41. The molecule has 242 valence electrons. The van der Waals surface area contributed by atoms with E-state index >= 15 is 0 Å². The lowest BCUT2D eigenvalue weighted by Crippen LogP contribution is -2.23. The summed E-state index contributed by atoms with van der Waals surface area (Å²) in [4.78, 5) is 17.2. The van der Waals surface area contributed by atoms with Gasteiger partial charge in [-0.15, -0.1) is 0 Å². The van der Waals surface area contributed by atoms with Gasteiger partial charge in [-0.1, -0.05) is 54.1 Å². The minimum atomic E-state index is -5.08. The summed E-state index contributed by atoms with van der Waals surface area (Å²) >= 11 is 0. The van der Waals surface area contributed by atoms with Gasteiger partial charge in [-0.25, -0.2) is 4.79 Å². The van der Waals surface area contributed by atoms with Crippen LogP contribution in [0.2, 0.25) is 0 Å². The van der Waals surface area contributed by atoms with Crippen LogP contribution in [-0.4, -0.2) is 77.9 Å². The summed E-state index contributed by atoms with van der Waals surface area (Å²) in [6, 6.07) is 17.8. The van der Waals surface area contributed by atoms with Gasteiger partial charge in [0.15, 0.2) is 0 Å². The summed E-state index contributed by atoms with van der Waals surface area (Å²) in [5, 5.41) is 9.87. The van der Waals surface area contributed by atoms with Gasteiger partial charge < -0.3 is 24.5 Å². The van der Waals surface area contributed by atoms with E-state index in [1.807, 2.05) is 0 Å². The Balaban J connectivity index is 0.000000591. The van der Waals surface area contributed by atoms with Crippen LogP contribution in [-0.2, 0) is 23.2 Å². The smallest absolute Gasteiger partial charge is 0.475 e. The summed E-state index contributed by atoms with van der Waals surface area (Å²) in [7, 11) is 8.65. The number of aliphatic carboxylic acids is 1. The van der Waals surface area contributed by atoms with Crippen molar-refractivity contribution in [2.45, 2.75) is 57.7 Å². The first-order chi connectivity index (χ1) is 21.1. The number of H-pyrrole nitrogens is 1. The zero-order valence-corrected chi connectivity index (χ0v) is 27.3. The fraction of sp³-hybridized carbons (Fsp3) is 0.417. The molecular formula is C36H45F3N4O2. The number of halogens is 3. The van der Waals surface area contributed by atoms with Gasteiger partial charge in [0, 0.05) is 52.2 Å². The number of nitrogens with zero attached hydrogens (tertiary/aromatic N) is 3. The van der Waals surface area contributed by atoms with E-state index < -0.39 is 12.1 Å². The lowest BCUT2D eigenvalue weighted by Gasteiger charge is -2.25. The zero-order chi connectivity index (χ0) is 33.1. The molecule has 6 nitrogen and oxygen atoms in total. The van der Waals surface area contributed by atoms with Gasteiger partial charge in [0.2, 0.25) is 0 Å². The van der Waals surface area contributed by atoms with Crippen molar-refractivity contribution in [3.63, 3.8) is 0 Å². The van der Waals surface area contributed by atoms with E-state index in [0.717, 1.165) is 32.4 Å². The average molecular weight is 623 g/mol. The number of hydrogen-bond acceptors (Lipinski definition) is 3. The zero-order valence-electron chi connectivity index (χ0n) is 27.3. The maximum atomic E-state index is 10.6. The Morgan fingerprint density at radius 3 is 2.11 bits per heavy atom. The quantitative estimate of drug-likeness (QED) is 0.187. The lowest BCUT2D eigenvalue weighted by molar-refractivity contribution is -0.192. The molecule has 0 saturated heterocycles. The maximum absolute atomic E-state index is 10.6. The van der Waals surface area contributed by atoms with Gasteiger partial charge >= 0.3 is 12.1 Å². The van der Waals surface area contributed by atoms with Crippen LogP contribution in [0.1, 0.15) is 55.6 Å². The van der Waals surface area contributed by atoms with E-state index in [1.165, 1.54) is 49.9 Å². The van der Waals surface area contributed by atoms with E-state index in [1.54, 1.807) is 0 Å². The van der Waals surface area contributed by atoms with Gasteiger partial charge in [-0.3, -0.25) is 0 Å². The minimum absolute atomic E-state index is 0.113. The standard InChI is InChI=1S/C34H44N4.C2HF3O2/c1-24(2)22-25-23-34(3,38-32-15-11-9-13-28(32)29(33(25)38)18-21-37(6)7)19-16-31-27(17-20-36(4)5)26-12-8-10-14-30(26)35-31;3-2(4,5)1(6)7/h8-16,19,22,25,35H,17-18,20-21,23H2,1-7H3;(H,6,7)/b19-16+;/t25-,34+;/m0./s1.